The number of aromatic nitrogens is 4. The fourth-order valence-electron chi connectivity index (χ4n) is 3.08. The van der Waals surface area contributed by atoms with Crippen molar-refractivity contribution in [3.63, 3.8) is 0 Å². The van der Waals surface area contributed by atoms with E-state index in [2.05, 4.69) is 25.9 Å². The molecule has 0 fully saturated rings. The number of carbonyl (C=O) groups is 1. The molecule has 2 heterocycles. The predicted molar refractivity (Wildman–Crippen MR) is 130 cm³/mol. The number of nitrogens with one attached hydrogen (secondary N) is 2. The summed E-state index contributed by atoms with van der Waals surface area (Å²) >= 11 is 6.84. The van der Waals surface area contributed by atoms with Gasteiger partial charge in [0.25, 0.3) is 5.91 Å². The highest BCUT2D eigenvalue weighted by Gasteiger charge is 2.14. The van der Waals surface area contributed by atoms with Crippen LogP contribution in [0.2, 0.25) is 0 Å². The van der Waals surface area contributed by atoms with Gasteiger partial charge in [0.15, 0.2) is 10.9 Å². The molecule has 2 aromatic carbocycles. The van der Waals surface area contributed by atoms with Crippen molar-refractivity contribution in [2.45, 2.75) is 27.2 Å². The molecule has 0 saturated heterocycles. The topological polar surface area (TPSA) is 93.4 Å². The monoisotopic (exact) mass is 466 g/mol. The molecule has 2 aromatic heterocycles. The smallest absolute Gasteiger partial charge is 0.257 e. The zero-order valence-electron chi connectivity index (χ0n) is 17.9. The molecule has 0 aliphatic heterocycles. The third kappa shape index (κ3) is 4.61. The van der Waals surface area contributed by atoms with Crippen LogP contribution in [0.25, 0.3) is 15.5 Å². The van der Waals surface area contributed by atoms with Gasteiger partial charge in [0.05, 0.1) is 6.61 Å². The van der Waals surface area contributed by atoms with Crippen LogP contribution in [0.3, 0.4) is 0 Å². The normalized spacial score (nSPS) is 10.8. The van der Waals surface area contributed by atoms with Crippen LogP contribution in [-0.2, 0) is 6.42 Å². The molecule has 2 N–H and O–H groups in total. The molecule has 0 radical (unpaired) electrons. The zero-order valence-corrected chi connectivity index (χ0v) is 19.5. The molecule has 0 atom stereocenters. The number of benzene rings is 2. The zero-order chi connectivity index (χ0) is 22.7. The number of carbonyl (C=O) groups excluding carboxylic acids is 1. The Hall–Kier alpha value is -3.37. The van der Waals surface area contributed by atoms with Gasteiger partial charge in [0.1, 0.15) is 10.8 Å². The van der Waals surface area contributed by atoms with Gasteiger partial charge in [0, 0.05) is 23.2 Å². The van der Waals surface area contributed by atoms with Gasteiger partial charge in [-0.15, -0.1) is 10.2 Å². The molecular formula is C22H22N6O2S2. The number of hydrogen-bond donors (Lipinski definition) is 2. The molecule has 32 heavy (non-hydrogen) atoms. The number of nitrogens with zero attached hydrogens (tertiary/aromatic N) is 4. The predicted octanol–water partition coefficient (Wildman–Crippen LogP) is 4.25. The highest BCUT2D eigenvalue weighted by Crippen LogP contribution is 2.29. The number of hydrogen-bond acceptors (Lipinski definition) is 7. The fourth-order valence-corrected chi connectivity index (χ4v) is 4.14. The number of anilines is 1. The average Bonchev–Trinajstić information content (AvgIpc) is 3.36. The quantitative estimate of drug-likeness (QED) is 0.410. The van der Waals surface area contributed by atoms with Gasteiger partial charge in [0.2, 0.25) is 4.96 Å². The van der Waals surface area contributed by atoms with Crippen LogP contribution in [0.5, 0.6) is 5.75 Å². The van der Waals surface area contributed by atoms with Crippen LogP contribution < -0.4 is 15.4 Å². The summed E-state index contributed by atoms with van der Waals surface area (Å²) in [6.07, 6.45) is 0.757. The van der Waals surface area contributed by atoms with E-state index in [1.165, 1.54) is 11.3 Å². The average molecular weight is 467 g/mol. The van der Waals surface area contributed by atoms with E-state index in [0.717, 1.165) is 39.0 Å². The number of fused-ring (bicyclic) bond motifs is 1. The number of thiocarbonyl (C=S) groups is 1. The number of rotatable bonds is 6. The molecule has 0 saturated carbocycles. The van der Waals surface area contributed by atoms with E-state index in [-0.39, 0.29) is 11.0 Å². The molecule has 1 amide bonds. The molecule has 0 spiro atoms. The number of amides is 1. The first-order chi connectivity index (χ1) is 15.5. The van der Waals surface area contributed by atoms with E-state index in [1.54, 1.807) is 28.8 Å². The van der Waals surface area contributed by atoms with Crippen molar-refractivity contribution in [2.75, 3.05) is 11.9 Å². The lowest BCUT2D eigenvalue weighted by molar-refractivity contribution is 0.0977. The third-order valence-corrected chi connectivity index (χ3v) is 5.91. The van der Waals surface area contributed by atoms with E-state index in [1.807, 2.05) is 39.0 Å². The van der Waals surface area contributed by atoms with E-state index in [9.17, 15) is 4.79 Å². The van der Waals surface area contributed by atoms with Crippen molar-refractivity contribution < 1.29 is 9.53 Å². The van der Waals surface area contributed by atoms with Crippen LogP contribution in [0.4, 0.5) is 5.69 Å². The Labute approximate surface area is 194 Å². The lowest BCUT2D eigenvalue weighted by atomic mass is 10.1. The molecule has 0 bridgehead atoms. The summed E-state index contributed by atoms with van der Waals surface area (Å²) in [5.74, 6) is 1.25. The van der Waals surface area contributed by atoms with Crippen LogP contribution in [-0.4, -0.2) is 37.4 Å². The third-order valence-electron chi connectivity index (χ3n) is 4.76. The van der Waals surface area contributed by atoms with Crippen LogP contribution in [0, 0.1) is 6.92 Å². The Bertz CT molecular complexity index is 1280. The lowest BCUT2D eigenvalue weighted by Gasteiger charge is -2.13. The fraction of sp³-hybridized carbons (Fsp3) is 0.227. The Kier molecular flexibility index (Phi) is 6.42. The molecule has 0 aliphatic carbocycles. The highest BCUT2D eigenvalue weighted by molar-refractivity contribution is 7.80. The Balaban J connectivity index is 1.47. The van der Waals surface area contributed by atoms with Gasteiger partial charge in [-0.25, -0.2) is 0 Å². The Morgan fingerprint density at radius 2 is 1.94 bits per heavy atom. The van der Waals surface area contributed by atoms with Gasteiger partial charge >= 0.3 is 0 Å². The number of aryl methyl sites for hydroxylation is 2. The molecule has 0 unspecified atom stereocenters. The minimum atomic E-state index is -0.292. The second kappa shape index (κ2) is 9.41. The van der Waals surface area contributed by atoms with Crippen molar-refractivity contribution in [1.82, 2.24) is 25.1 Å². The van der Waals surface area contributed by atoms with Crippen molar-refractivity contribution >= 4 is 45.2 Å². The standard InChI is InChI=1S/C22H22N6O2S2/c1-4-18-25-26-22-28(18)27-20(32-22)15-7-6-13(3)17(12-15)23-21(31)24-19(29)14-8-10-16(11-9-14)30-5-2/h6-12H,4-5H2,1-3H3,(H2,23,24,29,31). The van der Waals surface area contributed by atoms with E-state index in [0.29, 0.717) is 17.9 Å². The first kappa shape index (κ1) is 21.8. The summed E-state index contributed by atoms with van der Waals surface area (Å²) in [5, 5.41) is 19.8. The van der Waals surface area contributed by atoms with E-state index >= 15 is 0 Å². The maximum atomic E-state index is 12.5. The van der Waals surface area contributed by atoms with Crippen molar-refractivity contribution in [2.24, 2.45) is 0 Å². The maximum Gasteiger partial charge on any atom is 0.257 e. The summed E-state index contributed by atoms with van der Waals surface area (Å²) in [5.41, 5.74) is 3.20. The summed E-state index contributed by atoms with van der Waals surface area (Å²) in [6.45, 7) is 6.47. The lowest BCUT2D eigenvalue weighted by Crippen LogP contribution is -2.34. The number of ether oxygens (including phenoxy) is 1. The van der Waals surface area contributed by atoms with Gasteiger partial charge < -0.3 is 10.1 Å². The maximum absolute atomic E-state index is 12.5. The van der Waals surface area contributed by atoms with Gasteiger partial charge in [-0.05, 0) is 62.0 Å². The molecule has 4 rings (SSSR count). The molecule has 4 aromatic rings. The van der Waals surface area contributed by atoms with Gasteiger partial charge in [-0.2, -0.15) is 9.61 Å². The largest absolute Gasteiger partial charge is 0.494 e. The highest BCUT2D eigenvalue weighted by atomic mass is 32.1. The molecule has 164 valence electrons. The Morgan fingerprint density at radius 3 is 2.66 bits per heavy atom. The van der Waals surface area contributed by atoms with E-state index in [4.69, 9.17) is 17.0 Å². The second-order valence-electron chi connectivity index (χ2n) is 6.97. The second-order valence-corrected chi connectivity index (χ2v) is 8.33. The summed E-state index contributed by atoms with van der Waals surface area (Å²) in [7, 11) is 0. The summed E-state index contributed by atoms with van der Waals surface area (Å²) in [6, 6.07) is 12.9. The molecular weight excluding hydrogens is 444 g/mol. The van der Waals surface area contributed by atoms with Crippen LogP contribution in [0.1, 0.15) is 35.6 Å². The minimum absolute atomic E-state index is 0.218. The summed E-state index contributed by atoms with van der Waals surface area (Å²) in [4.78, 5) is 13.3. The first-order valence-corrected chi connectivity index (χ1v) is 11.4. The Morgan fingerprint density at radius 1 is 1.16 bits per heavy atom. The van der Waals surface area contributed by atoms with Crippen molar-refractivity contribution in [3.05, 3.63) is 59.4 Å². The first-order valence-electron chi connectivity index (χ1n) is 10.2. The summed E-state index contributed by atoms with van der Waals surface area (Å²) < 4.78 is 7.18. The molecule has 0 aliphatic rings. The van der Waals surface area contributed by atoms with Crippen molar-refractivity contribution in [3.8, 4) is 16.3 Å². The van der Waals surface area contributed by atoms with Crippen LogP contribution >= 0.6 is 23.6 Å². The SMILES string of the molecule is CCOc1ccc(C(=O)NC(=S)Nc2cc(-c3nn4c(CC)nnc4s3)ccc2C)cc1. The minimum Gasteiger partial charge on any atom is -0.494 e. The van der Waals surface area contributed by atoms with Crippen LogP contribution in [0.15, 0.2) is 42.5 Å². The van der Waals surface area contributed by atoms with Gasteiger partial charge in [-0.1, -0.05) is 30.4 Å². The molecule has 8 nitrogen and oxygen atoms in total. The van der Waals surface area contributed by atoms with Gasteiger partial charge in [-0.3, -0.25) is 10.1 Å². The van der Waals surface area contributed by atoms with E-state index < -0.39 is 0 Å². The molecule has 10 heteroatoms. The van der Waals surface area contributed by atoms with Crippen molar-refractivity contribution in [1.29, 1.82) is 0 Å².